The summed E-state index contributed by atoms with van der Waals surface area (Å²) in [6.07, 6.45) is 1.91. The highest BCUT2D eigenvalue weighted by atomic mass is 79.9. The number of aromatic nitrogens is 1. The molecule has 68 valence electrons. The second kappa shape index (κ2) is 2.93. The van der Waals surface area contributed by atoms with Crippen LogP contribution in [0.4, 0.5) is 0 Å². The van der Waals surface area contributed by atoms with E-state index in [1.807, 2.05) is 29.9 Å². The third-order valence-corrected chi connectivity index (χ3v) is 3.04. The van der Waals surface area contributed by atoms with Crippen LogP contribution in [0.3, 0.4) is 0 Å². The highest BCUT2D eigenvalue weighted by Gasteiger charge is 2.10. The van der Waals surface area contributed by atoms with E-state index < -0.39 is 0 Å². The number of hydrogen-bond acceptors (Lipinski definition) is 1. The van der Waals surface area contributed by atoms with Crippen molar-refractivity contribution in [3.63, 3.8) is 0 Å². The summed E-state index contributed by atoms with van der Waals surface area (Å²) < 4.78 is 2.57. The van der Waals surface area contributed by atoms with Crippen molar-refractivity contribution in [2.75, 3.05) is 0 Å². The number of aromatic hydroxyl groups is 1. The van der Waals surface area contributed by atoms with Gasteiger partial charge in [0.2, 0.25) is 0 Å². The number of benzene rings is 1. The standard InChI is InChI=1S/C9H7BrClNO/c1-12-3-2-5-7(12)4-6(10)9(13)8(5)11/h2-4,13H,1H3. The molecule has 0 bridgehead atoms. The molecular formula is C9H7BrClNO. The molecule has 1 N–H and O–H groups in total. The largest absolute Gasteiger partial charge is 0.505 e. The van der Waals surface area contributed by atoms with Gasteiger partial charge >= 0.3 is 0 Å². The lowest BCUT2D eigenvalue weighted by atomic mass is 10.2. The fraction of sp³-hybridized carbons (Fsp3) is 0.111. The Bertz CT molecular complexity index is 478. The average molecular weight is 261 g/mol. The molecule has 0 aliphatic carbocycles. The smallest absolute Gasteiger partial charge is 0.149 e. The SMILES string of the molecule is Cn1ccc2c(Cl)c(O)c(Br)cc21. The number of hydrogen-bond donors (Lipinski definition) is 1. The Balaban J connectivity index is 2.96. The number of rotatable bonds is 0. The summed E-state index contributed by atoms with van der Waals surface area (Å²) in [4.78, 5) is 0. The highest BCUT2D eigenvalue weighted by molar-refractivity contribution is 9.10. The maximum Gasteiger partial charge on any atom is 0.149 e. The van der Waals surface area contributed by atoms with Gasteiger partial charge < -0.3 is 9.67 Å². The Morgan fingerprint density at radius 1 is 1.54 bits per heavy atom. The monoisotopic (exact) mass is 259 g/mol. The molecular weight excluding hydrogens is 253 g/mol. The molecule has 0 spiro atoms. The number of fused-ring (bicyclic) bond motifs is 1. The molecule has 2 nitrogen and oxygen atoms in total. The summed E-state index contributed by atoms with van der Waals surface area (Å²) in [5.74, 6) is 0.0976. The van der Waals surface area contributed by atoms with Crippen LogP contribution in [0.1, 0.15) is 0 Å². The molecule has 13 heavy (non-hydrogen) atoms. The summed E-state index contributed by atoms with van der Waals surface area (Å²) >= 11 is 9.19. The van der Waals surface area contributed by atoms with Gasteiger partial charge in [0.1, 0.15) is 5.75 Å². The summed E-state index contributed by atoms with van der Waals surface area (Å²) in [5.41, 5.74) is 0.995. The van der Waals surface area contributed by atoms with E-state index in [-0.39, 0.29) is 5.75 Å². The van der Waals surface area contributed by atoms with Crippen molar-refractivity contribution in [1.82, 2.24) is 4.57 Å². The van der Waals surface area contributed by atoms with Crippen LogP contribution in [0, 0.1) is 0 Å². The Hall–Kier alpha value is -0.670. The van der Waals surface area contributed by atoms with Crippen molar-refractivity contribution in [1.29, 1.82) is 0 Å². The summed E-state index contributed by atoms with van der Waals surface area (Å²) in [7, 11) is 1.93. The average Bonchev–Trinajstić information content (AvgIpc) is 2.45. The van der Waals surface area contributed by atoms with Gasteiger partial charge in [0.25, 0.3) is 0 Å². The zero-order chi connectivity index (χ0) is 9.59. The first-order valence-corrected chi connectivity index (χ1v) is 4.90. The lowest BCUT2D eigenvalue weighted by Gasteiger charge is -2.02. The zero-order valence-electron chi connectivity index (χ0n) is 6.88. The van der Waals surface area contributed by atoms with Crippen LogP contribution >= 0.6 is 27.5 Å². The van der Waals surface area contributed by atoms with Crippen molar-refractivity contribution in [2.45, 2.75) is 0 Å². The zero-order valence-corrected chi connectivity index (χ0v) is 9.22. The molecule has 0 amide bonds. The van der Waals surface area contributed by atoms with Crippen LogP contribution in [-0.2, 0) is 7.05 Å². The third kappa shape index (κ3) is 1.23. The van der Waals surface area contributed by atoms with E-state index in [4.69, 9.17) is 11.6 Å². The first-order chi connectivity index (χ1) is 6.11. The maximum atomic E-state index is 9.53. The van der Waals surface area contributed by atoms with Crippen molar-refractivity contribution < 1.29 is 5.11 Å². The molecule has 0 saturated carbocycles. The van der Waals surface area contributed by atoms with Gasteiger partial charge in [-0.25, -0.2) is 0 Å². The highest BCUT2D eigenvalue weighted by Crippen LogP contribution is 2.38. The summed E-state index contributed by atoms with van der Waals surface area (Å²) in [6.45, 7) is 0. The van der Waals surface area contributed by atoms with E-state index in [9.17, 15) is 5.11 Å². The fourth-order valence-corrected chi connectivity index (χ4v) is 2.12. The maximum absolute atomic E-state index is 9.53. The topological polar surface area (TPSA) is 25.2 Å². The first-order valence-electron chi connectivity index (χ1n) is 3.73. The molecule has 1 heterocycles. The predicted molar refractivity (Wildman–Crippen MR) is 57.3 cm³/mol. The lowest BCUT2D eigenvalue weighted by Crippen LogP contribution is -1.84. The number of halogens is 2. The Labute approximate surface area is 88.9 Å². The van der Waals surface area contributed by atoms with Crippen molar-refractivity contribution in [2.24, 2.45) is 7.05 Å². The van der Waals surface area contributed by atoms with Gasteiger partial charge in [-0.1, -0.05) is 11.6 Å². The molecule has 1 aromatic heterocycles. The lowest BCUT2D eigenvalue weighted by molar-refractivity contribution is 0.473. The molecule has 2 aromatic rings. The fourth-order valence-electron chi connectivity index (χ4n) is 1.33. The van der Waals surface area contributed by atoms with Crippen molar-refractivity contribution in [3.8, 4) is 5.75 Å². The molecule has 0 atom stereocenters. The van der Waals surface area contributed by atoms with E-state index in [0.29, 0.717) is 9.50 Å². The number of aryl methyl sites for hydroxylation is 1. The second-order valence-corrected chi connectivity index (χ2v) is 4.11. The molecule has 4 heteroatoms. The van der Waals surface area contributed by atoms with Gasteiger partial charge in [0.05, 0.1) is 15.0 Å². The minimum absolute atomic E-state index is 0.0976. The molecule has 0 aliphatic rings. The van der Waals surface area contributed by atoms with Gasteiger partial charge in [-0.15, -0.1) is 0 Å². The predicted octanol–water partition coefficient (Wildman–Crippen LogP) is 3.30. The van der Waals surface area contributed by atoms with E-state index in [1.165, 1.54) is 0 Å². The van der Waals surface area contributed by atoms with Crippen molar-refractivity contribution in [3.05, 3.63) is 27.8 Å². The van der Waals surface area contributed by atoms with Gasteiger partial charge in [0.15, 0.2) is 0 Å². The van der Waals surface area contributed by atoms with E-state index in [2.05, 4.69) is 15.9 Å². The Kier molecular flexibility index (Phi) is 2.00. The van der Waals surface area contributed by atoms with Crippen LogP contribution in [0.25, 0.3) is 10.9 Å². The normalized spacial score (nSPS) is 11.0. The van der Waals surface area contributed by atoms with Crippen molar-refractivity contribution >= 4 is 38.4 Å². The van der Waals surface area contributed by atoms with Gasteiger partial charge in [0, 0.05) is 18.6 Å². The van der Waals surface area contributed by atoms with Gasteiger partial charge in [-0.2, -0.15) is 0 Å². The van der Waals surface area contributed by atoms with Crippen LogP contribution < -0.4 is 0 Å². The summed E-state index contributed by atoms with van der Waals surface area (Å²) in [5, 5.41) is 10.8. The first kappa shape index (κ1) is 8.91. The molecule has 0 saturated heterocycles. The molecule has 0 aliphatic heterocycles. The Morgan fingerprint density at radius 2 is 2.23 bits per heavy atom. The van der Waals surface area contributed by atoms with E-state index in [1.54, 1.807) is 0 Å². The molecule has 0 unspecified atom stereocenters. The van der Waals surface area contributed by atoms with E-state index >= 15 is 0 Å². The minimum Gasteiger partial charge on any atom is -0.505 e. The minimum atomic E-state index is 0.0976. The van der Waals surface area contributed by atoms with Crippen LogP contribution in [-0.4, -0.2) is 9.67 Å². The molecule has 2 rings (SSSR count). The molecule has 0 radical (unpaired) electrons. The van der Waals surface area contributed by atoms with Crippen LogP contribution in [0.2, 0.25) is 5.02 Å². The van der Waals surface area contributed by atoms with Gasteiger partial charge in [-0.05, 0) is 28.1 Å². The number of nitrogens with zero attached hydrogens (tertiary/aromatic N) is 1. The third-order valence-electron chi connectivity index (χ3n) is 2.05. The summed E-state index contributed by atoms with van der Waals surface area (Å²) in [6, 6.07) is 3.72. The molecule has 1 aromatic carbocycles. The second-order valence-electron chi connectivity index (χ2n) is 2.88. The quantitative estimate of drug-likeness (QED) is 0.772. The van der Waals surface area contributed by atoms with Crippen LogP contribution in [0.15, 0.2) is 22.8 Å². The molecule has 0 fully saturated rings. The Morgan fingerprint density at radius 3 is 2.92 bits per heavy atom. The number of phenolic OH excluding ortho intramolecular Hbond substituents is 1. The number of phenols is 1. The van der Waals surface area contributed by atoms with Gasteiger partial charge in [-0.3, -0.25) is 0 Å². The van der Waals surface area contributed by atoms with Crippen LogP contribution in [0.5, 0.6) is 5.75 Å². The van der Waals surface area contributed by atoms with E-state index in [0.717, 1.165) is 10.9 Å².